The number of thioether (sulfide) groups is 1. The second-order valence-electron chi connectivity index (χ2n) is 2.97. The number of hydrogen-bond acceptors (Lipinski definition) is 7. The van der Waals surface area contributed by atoms with Gasteiger partial charge in [-0.2, -0.15) is 15.0 Å². The Balaban J connectivity index is 2.07. The van der Waals surface area contributed by atoms with Gasteiger partial charge in [-0.05, 0) is 6.92 Å². The van der Waals surface area contributed by atoms with Crippen molar-refractivity contribution in [3.63, 3.8) is 0 Å². The fourth-order valence-corrected chi connectivity index (χ4v) is 1.93. The first-order valence-corrected chi connectivity index (χ1v) is 5.54. The van der Waals surface area contributed by atoms with E-state index >= 15 is 0 Å². The van der Waals surface area contributed by atoms with Crippen LogP contribution in [0.5, 0.6) is 6.01 Å². The zero-order chi connectivity index (χ0) is 10.7. The van der Waals surface area contributed by atoms with Gasteiger partial charge in [0, 0.05) is 0 Å². The summed E-state index contributed by atoms with van der Waals surface area (Å²) in [6.07, 6.45) is 0. The number of ether oxygens (including phenoxy) is 2. The van der Waals surface area contributed by atoms with E-state index in [9.17, 15) is 0 Å². The van der Waals surface area contributed by atoms with Crippen LogP contribution in [0, 0.1) is 0 Å². The standard InChI is InChI=1S/C8H12N4O2S/c1-2-14-7-10-6(9)11-8(12-7)15-5-3-13-4-5/h5H,2-4H2,1H3,(H2,9,10,11,12). The Kier molecular flexibility index (Phi) is 3.22. The second-order valence-corrected chi connectivity index (χ2v) is 4.24. The Bertz CT molecular complexity index is 345. The predicted octanol–water partition coefficient (Wildman–Crippen LogP) is 0.343. The van der Waals surface area contributed by atoms with Crippen molar-refractivity contribution in [1.82, 2.24) is 15.0 Å². The Morgan fingerprint density at radius 3 is 2.87 bits per heavy atom. The van der Waals surface area contributed by atoms with Crippen molar-refractivity contribution in [3.8, 4) is 6.01 Å². The van der Waals surface area contributed by atoms with Crippen molar-refractivity contribution in [2.24, 2.45) is 0 Å². The van der Waals surface area contributed by atoms with E-state index in [0.717, 1.165) is 13.2 Å². The maximum atomic E-state index is 5.54. The summed E-state index contributed by atoms with van der Waals surface area (Å²) in [4.78, 5) is 12.0. The molecule has 0 saturated carbocycles. The van der Waals surface area contributed by atoms with Gasteiger partial charge in [0.1, 0.15) is 0 Å². The number of anilines is 1. The van der Waals surface area contributed by atoms with Gasteiger partial charge in [-0.1, -0.05) is 11.8 Å². The van der Waals surface area contributed by atoms with E-state index in [0.29, 0.717) is 17.0 Å². The van der Waals surface area contributed by atoms with Gasteiger partial charge in [0.15, 0.2) is 5.16 Å². The van der Waals surface area contributed by atoms with Crippen LogP contribution in [0.2, 0.25) is 0 Å². The van der Waals surface area contributed by atoms with Crippen LogP contribution in [0.1, 0.15) is 6.92 Å². The van der Waals surface area contributed by atoms with Crippen LogP contribution in [0.3, 0.4) is 0 Å². The molecule has 1 fully saturated rings. The van der Waals surface area contributed by atoms with Crippen molar-refractivity contribution in [3.05, 3.63) is 0 Å². The molecule has 1 aliphatic rings. The third kappa shape index (κ3) is 2.69. The highest BCUT2D eigenvalue weighted by molar-refractivity contribution is 7.99. The lowest BCUT2D eigenvalue weighted by atomic mass is 10.4. The summed E-state index contributed by atoms with van der Waals surface area (Å²) in [5.41, 5.74) is 5.54. The monoisotopic (exact) mass is 228 g/mol. The zero-order valence-electron chi connectivity index (χ0n) is 8.34. The largest absolute Gasteiger partial charge is 0.464 e. The molecule has 0 amide bonds. The highest BCUT2D eigenvalue weighted by atomic mass is 32.2. The van der Waals surface area contributed by atoms with Crippen molar-refractivity contribution in [2.75, 3.05) is 25.6 Å². The number of hydrogen-bond donors (Lipinski definition) is 1. The molecule has 1 saturated heterocycles. The summed E-state index contributed by atoms with van der Waals surface area (Å²) in [6.45, 7) is 3.85. The van der Waals surface area contributed by atoms with Gasteiger partial charge in [-0.3, -0.25) is 0 Å². The summed E-state index contributed by atoms with van der Waals surface area (Å²) >= 11 is 1.54. The van der Waals surface area contributed by atoms with E-state index in [-0.39, 0.29) is 12.0 Å². The fourth-order valence-electron chi connectivity index (χ4n) is 1.03. The molecule has 2 N–H and O–H groups in total. The summed E-state index contributed by atoms with van der Waals surface area (Å²) in [5, 5.41) is 1.01. The van der Waals surface area contributed by atoms with Gasteiger partial charge in [-0.15, -0.1) is 0 Å². The average molecular weight is 228 g/mol. The third-order valence-corrected chi connectivity index (χ3v) is 2.76. The molecular formula is C8H12N4O2S. The first kappa shape index (κ1) is 10.4. The molecule has 2 heterocycles. The van der Waals surface area contributed by atoms with E-state index < -0.39 is 0 Å². The predicted molar refractivity (Wildman–Crippen MR) is 55.9 cm³/mol. The molecule has 0 atom stereocenters. The van der Waals surface area contributed by atoms with Crippen LogP contribution in [0.15, 0.2) is 5.16 Å². The van der Waals surface area contributed by atoms with Crippen molar-refractivity contribution >= 4 is 17.7 Å². The minimum absolute atomic E-state index is 0.191. The molecule has 1 aromatic rings. The fraction of sp³-hybridized carbons (Fsp3) is 0.625. The summed E-state index contributed by atoms with van der Waals surface area (Å²) in [7, 11) is 0. The van der Waals surface area contributed by atoms with E-state index in [2.05, 4.69) is 15.0 Å². The van der Waals surface area contributed by atoms with E-state index in [1.165, 1.54) is 11.8 Å². The van der Waals surface area contributed by atoms with Gasteiger partial charge in [0.05, 0.1) is 25.1 Å². The lowest BCUT2D eigenvalue weighted by molar-refractivity contribution is 0.0454. The van der Waals surface area contributed by atoms with Crippen LogP contribution in [-0.2, 0) is 4.74 Å². The number of rotatable bonds is 4. The van der Waals surface area contributed by atoms with Gasteiger partial charge in [-0.25, -0.2) is 0 Å². The van der Waals surface area contributed by atoms with Crippen LogP contribution < -0.4 is 10.5 Å². The van der Waals surface area contributed by atoms with Gasteiger partial charge in [0.2, 0.25) is 5.95 Å². The Labute approximate surface area is 91.6 Å². The van der Waals surface area contributed by atoms with Crippen LogP contribution >= 0.6 is 11.8 Å². The smallest absolute Gasteiger partial charge is 0.322 e. The normalized spacial score (nSPS) is 16.1. The zero-order valence-corrected chi connectivity index (χ0v) is 9.16. The lowest BCUT2D eigenvalue weighted by Gasteiger charge is -2.24. The number of nitrogen functional groups attached to an aromatic ring is 1. The molecule has 0 bridgehead atoms. The topological polar surface area (TPSA) is 83.2 Å². The molecule has 0 radical (unpaired) electrons. The molecule has 2 rings (SSSR count). The third-order valence-electron chi connectivity index (χ3n) is 1.76. The molecule has 7 heteroatoms. The summed E-state index contributed by atoms with van der Waals surface area (Å²) in [5.74, 6) is 0.191. The van der Waals surface area contributed by atoms with E-state index in [1.54, 1.807) is 0 Å². The van der Waals surface area contributed by atoms with Crippen molar-refractivity contribution < 1.29 is 9.47 Å². The molecule has 1 aliphatic heterocycles. The van der Waals surface area contributed by atoms with Crippen LogP contribution in [0.25, 0.3) is 0 Å². The second kappa shape index (κ2) is 4.63. The molecule has 0 spiro atoms. The van der Waals surface area contributed by atoms with Gasteiger partial charge < -0.3 is 15.2 Å². The molecule has 0 aromatic carbocycles. The van der Waals surface area contributed by atoms with E-state index in [4.69, 9.17) is 15.2 Å². The van der Waals surface area contributed by atoms with Crippen molar-refractivity contribution in [1.29, 1.82) is 0 Å². The molecule has 6 nitrogen and oxygen atoms in total. The highest BCUT2D eigenvalue weighted by Crippen LogP contribution is 2.26. The number of nitrogens with two attached hydrogens (primary N) is 1. The van der Waals surface area contributed by atoms with E-state index in [1.807, 2.05) is 6.92 Å². The minimum atomic E-state index is 0.191. The molecular weight excluding hydrogens is 216 g/mol. The summed E-state index contributed by atoms with van der Waals surface area (Å²) < 4.78 is 10.2. The van der Waals surface area contributed by atoms with Crippen molar-refractivity contribution in [2.45, 2.75) is 17.3 Å². The van der Waals surface area contributed by atoms with Crippen LogP contribution in [-0.4, -0.2) is 40.0 Å². The number of aromatic nitrogens is 3. The van der Waals surface area contributed by atoms with Gasteiger partial charge in [0.25, 0.3) is 0 Å². The summed E-state index contributed by atoms with van der Waals surface area (Å²) in [6, 6.07) is 0.285. The SMILES string of the molecule is CCOc1nc(N)nc(SC2COC2)n1. The maximum Gasteiger partial charge on any atom is 0.322 e. The average Bonchev–Trinajstić information content (AvgIpc) is 2.11. The Morgan fingerprint density at radius 2 is 2.27 bits per heavy atom. The number of nitrogens with zero attached hydrogens (tertiary/aromatic N) is 3. The lowest BCUT2D eigenvalue weighted by Crippen LogP contribution is -2.30. The molecule has 0 unspecified atom stereocenters. The molecule has 82 valence electrons. The first-order chi connectivity index (χ1) is 7.28. The molecule has 1 aromatic heterocycles. The minimum Gasteiger partial charge on any atom is -0.464 e. The highest BCUT2D eigenvalue weighted by Gasteiger charge is 2.21. The Morgan fingerprint density at radius 1 is 1.47 bits per heavy atom. The Hall–Kier alpha value is -1.08. The maximum absolute atomic E-state index is 5.54. The first-order valence-electron chi connectivity index (χ1n) is 4.66. The van der Waals surface area contributed by atoms with Gasteiger partial charge >= 0.3 is 6.01 Å². The quantitative estimate of drug-likeness (QED) is 0.795. The molecule has 0 aliphatic carbocycles. The molecule has 15 heavy (non-hydrogen) atoms. The van der Waals surface area contributed by atoms with Crippen LogP contribution in [0.4, 0.5) is 5.95 Å².